The van der Waals surface area contributed by atoms with Gasteiger partial charge in [0.05, 0.1) is 0 Å². The summed E-state index contributed by atoms with van der Waals surface area (Å²) in [6.45, 7) is 0. The highest BCUT2D eigenvalue weighted by Crippen LogP contribution is 2.32. The number of aryl methyl sites for hydroxylation is 1. The van der Waals surface area contributed by atoms with Crippen molar-refractivity contribution in [3.63, 3.8) is 0 Å². The Morgan fingerprint density at radius 3 is 2.50 bits per heavy atom. The number of benzene rings is 2. The smallest absolute Gasteiger partial charge is 0.339 e. The first-order valence-corrected chi connectivity index (χ1v) is 8.24. The molecule has 0 amide bonds. The lowest BCUT2D eigenvalue weighted by molar-refractivity contribution is 0.533. The summed E-state index contributed by atoms with van der Waals surface area (Å²) in [5, 5.41) is 0.990. The molecule has 4 aromatic rings. The van der Waals surface area contributed by atoms with E-state index in [1.807, 2.05) is 36.4 Å². The van der Waals surface area contributed by atoms with Crippen LogP contribution in [0.2, 0.25) is 0 Å². The van der Waals surface area contributed by atoms with Gasteiger partial charge in [0, 0.05) is 22.6 Å². The zero-order chi connectivity index (χ0) is 16.1. The Kier molecular flexibility index (Phi) is 2.86. The molecule has 118 valence electrons. The van der Waals surface area contributed by atoms with Crippen LogP contribution in [0.5, 0.6) is 0 Å². The van der Waals surface area contributed by atoms with Crippen LogP contribution in [0.25, 0.3) is 33.5 Å². The molecule has 0 atom stereocenters. The minimum absolute atomic E-state index is 0.209. The first-order chi connectivity index (χ1) is 11.8. The fourth-order valence-electron chi connectivity index (χ4n) is 3.57. The van der Waals surface area contributed by atoms with E-state index in [1.165, 1.54) is 0 Å². The highest BCUT2D eigenvalue weighted by molar-refractivity contribution is 5.94. The molecule has 2 aromatic carbocycles. The normalized spacial score (nSPS) is 14.2. The van der Waals surface area contributed by atoms with Crippen LogP contribution in [0.4, 0.5) is 0 Å². The molecule has 1 aliphatic carbocycles. The largest absolute Gasteiger partial charge is 0.436 e. The second-order valence-corrected chi connectivity index (χ2v) is 6.25. The highest BCUT2D eigenvalue weighted by atomic mass is 16.4. The summed E-state index contributed by atoms with van der Waals surface area (Å²) in [7, 11) is 0. The van der Waals surface area contributed by atoms with Gasteiger partial charge in [0.2, 0.25) is 5.89 Å². The summed E-state index contributed by atoms with van der Waals surface area (Å²) in [4.78, 5) is 16.8. The molecular formula is C20H15NO3. The van der Waals surface area contributed by atoms with Crippen LogP contribution in [-0.2, 0) is 12.8 Å². The van der Waals surface area contributed by atoms with Crippen molar-refractivity contribution in [1.29, 1.82) is 0 Å². The maximum Gasteiger partial charge on any atom is 0.339 e. The lowest BCUT2D eigenvalue weighted by atomic mass is 9.90. The van der Waals surface area contributed by atoms with Crippen molar-refractivity contribution >= 4 is 22.1 Å². The van der Waals surface area contributed by atoms with Crippen LogP contribution >= 0.6 is 0 Å². The molecule has 24 heavy (non-hydrogen) atoms. The fourth-order valence-corrected chi connectivity index (χ4v) is 3.57. The molecule has 0 saturated heterocycles. The third-order valence-electron chi connectivity index (χ3n) is 4.75. The minimum atomic E-state index is -0.209. The molecule has 0 radical (unpaired) electrons. The maximum atomic E-state index is 12.2. The molecule has 1 aliphatic rings. The SMILES string of the molecule is O=c1oc2cc3oc(-c4ccccc4)nc3cc2c2c1CCCC2. The number of hydrogen-bond donors (Lipinski definition) is 0. The van der Waals surface area contributed by atoms with Gasteiger partial charge in [-0.05, 0) is 49.4 Å². The van der Waals surface area contributed by atoms with Crippen molar-refractivity contribution in [3.8, 4) is 11.5 Å². The van der Waals surface area contributed by atoms with Gasteiger partial charge in [-0.2, -0.15) is 0 Å². The summed E-state index contributed by atoms with van der Waals surface area (Å²) in [6.07, 6.45) is 3.89. The van der Waals surface area contributed by atoms with Crippen molar-refractivity contribution in [1.82, 2.24) is 4.98 Å². The topological polar surface area (TPSA) is 56.2 Å². The van der Waals surface area contributed by atoms with Crippen LogP contribution < -0.4 is 5.63 Å². The Balaban J connectivity index is 1.79. The number of rotatable bonds is 1. The molecule has 2 aromatic heterocycles. The molecule has 4 nitrogen and oxygen atoms in total. The number of aromatic nitrogens is 1. The van der Waals surface area contributed by atoms with Crippen molar-refractivity contribution in [2.45, 2.75) is 25.7 Å². The summed E-state index contributed by atoms with van der Waals surface area (Å²) >= 11 is 0. The van der Waals surface area contributed by atoms with E-state index >= 15 is 0 Å². The Labute approximate surface area is 137 Å². The standard InChI is InChI=1S/C20H15NO3/c22-20-14-9-5-4-8-13(14)15-10-16-18(11-17(15)24-20)23-19(21-16)12-6-2-1-3-7-12/h1-3,6-7,10-11H,4-5,8-9H2. The zero-order valence-corrected chi connectivity index (χ0v) is 13.0. The van der Waals surface area contributed by atoms with Gasteiger partial charge in [0.15, 0.2) is 5.58 Å². The van der Waals surface area contributed by atoms with Crippen LogP contribution in [-0.4, -0.2) is 4.98 Å². The minimum Gasteiger partial charge on any atom is -0.436 e. The van der Waals surface area contributed by atoms with E-state index in [4.69, 9.17) is 8.83 Å². The number of nitrogens with zero attached hydrogens (tertiary/aromatic N) is 1. The van der Waals surface area contributed by atoms with E-state index in [-0.39, 0.29) is 5.63 Å². The quantitative estimate of drug-likeness (QED) is 0.486. The predicted molar refractivity (Wildman–Crippen MR) is 92.1 cm³/mol. The molecule has 5 rings (SSSR count). The second-order valence-electron chi connectivity index (χ2n) is 6.25. The van der Waals surface area contributed by atoms with E-state index in [1.54, 1.807) is 6.07 Å². The predicted octanol–water partition coefficient (Wildman–Crippen LogP) is 4.48. The molecule has 0 aliphatic heterocycles. The van der Waals surface area contributed by atoms with E-state index in [0.29, 0.717) is 17.1 Å². The van der Waals surface area contributed by atoms with Crippen molar-refractivity contribution in [2.24, 2.45) is 0 Å². The third kappa shape index (κ3) is 1.99. The average molecular weight is 317 g/mol. The molecule has 0 fully saturated rings. The van der Waals surface area contributed by atoms with Crippen molar-refractivity contribution in [2.75, 3.05) is 0 Å². The summed E-state index contributed by atoms with van der Waals surface area (Å²) in [5.74, 6) is 0.581. The van der Waals surface area contributed by atoms with E-state index in [9.17, 15) is 4.79 Å². The monoisotopic (exact) mass is 317 g/mol. The molecule has 0 spiro atoms. The Hall–Kier alpha value is -2.88. The zero-order valence-electron chi connectivity index (χ0n) is 13.0. The van der Waals surface area contributed by atoms with Gasteiger partial charge in [0.25, 0.3) is 0 Å². The van der Waals surface area contributed by atoms with Gasteiger partial charge in [-0.1, -0.05) is 18.2 Å². The van der Waals surface area contributed by atoms with Crippen LogP contribution in [0.3, 0.4) is 0 Å². The molecule has 0 saturated carbocycles. The van der Waals surface area contributed by atoms with Gasteiger partial charge in [-0.15, -0.1) is 0 Å². The third-order valence-corrected chi connectivity index (χ3v) is 4.75. The average Bonchev–Trinajstić information content (AvgIpc) is 3.04. The number of hydrogen-bond acceptors (Lipinski definition) is 4. The van der Waals surface area contributed by atoms with Crippen LogP contribution in [0.15, 0.2) is 56.1 Å². The number of fused-ring (bicyclic) bond motifs is 4. The van der Waals surface area contributed by atoms with E-state index < -0.39 is 0 Å². The molecule has 0 bridgehead atoms. The van der Waals surface area contributed by atoms with Crippen LogP contribution in [0, 0.1) is 0 Å². The second kappa shape index (κ2) is 5.06. The Morgan fingerprint density at radius 1 is 0.875 bits per heavy atom. The highest BCUT2D eigenvalue weighted by Gasteiger charge is 2.19. The summed E-state index contributed by atoms with van der Waals surface area (Å²) in [5.41, 5.74) is 4.70. The molecule has 4 heteroatoms. The summed E-state index contributed by atoms with van der Waals surface area (Å²) in [6, 6.07) is 13.6. The van der Waals surface area contributed by atoms with Crippen molar-refractivity contribution < 1.29 is 8.83 Å². The fraction of sp³-hybridized carbons (Fsp3) is 0.200. The lowest BCUT2D eigenvalue weighted by Gasteiger charge is -2.15. The summed E-state index contributed by atoms with van der Waals surface area (Å²) < 4.78 is 11.4. The molecule has 2 heterocycles. The Morgan fingerprint density at radius 2 is 1.67 bits per heavy atom. The van der Waals surface area contributed by atoms with Gasteiger partial charge < -0.3 is 8.83 Å². The first-order valence-electron chi connectivity index (χ1n) is 8.24. The van der Waals surface area contributed by atoms with E-state index in [2.05, 4.69) is 4.98 Å². The van der Waals surface area contributed by atoms with Crippen LogP contribution in [0.1, 0.15) is 24.0 Å². The van der Waals surface area contributed by atoms with Gasteiger partial charge in [-0.3, -0.25) is 0 Å². The maximum absolute atomic E-state index is 12.2. The molecule has 0 unspecified atom stereocenters. The molecule has 0 N–H and O–H groups in total. The van der Waals surface area contributed by atoms with E-state index in [0.717, 1.165) is 53.3 Å². The van der Waals surface area contributed by atoms with Crippen molar-refractivity contribution in [3.05, 3.63) is 64.0 Å². The molecular weight excluding hydrogens is 302 g/mol. The lowest BCUT2D eigenvalue weighted by Crippen LogP contribution is -2.15. The van der Waals surface area contributed by atoms with Gasteiger partial charge in [-0.25, -0.2) is 9.78 Å². The first kappa shape index (κ1) is 13.5. The van der Waals surface area contributed by atoms with Gasteiger partial charge >= 0.3 is 5.63 Å². The number of oxazole rings is 1. The Bertz CT molecular complexity index is 1120. The van der Waals surface area contributed by atoms with Gasteiger partial charge in [0.1, 0.15) is 11.1 Å².